The predicted molar refractivity (Wildman–Crippen MR) is 197 cm³/mol. The Morgan fingerprint density at radius 1 is 0.451 bits per heavy atom. The van der Waals surface area contributed by atoms with Gasteiger partial charge in [0.15, 0.2) is 23.8 Å². The minimum absolute atomic E-state index is 0.0104. The molecule has 0 aliphatic heterocycles. The zero-order valence-electron chi connectivity index (χ0n) is 27.3. The van der Waals surface area contributed by atoms with E-state index in [0.717, 1.165) is 12.1 Å². The Hall–Kier alpha value is -7.23. The summed E-state index contributed by atoms with van der Waals surface area (Å²) < 4.78 is 43.2. The molecule has 15 heteroatoms. The first-order valence-electron chi connectivity index (χ1n) is 14.9. The molecule has 0 atom stereocenters. The Labute approximate surface area is 293 Å². The Balaban J connectivity index is 2.24. The lowest BCUT2D eigenvalue weighted by molar-refractivity contribution is -0.137. The number of alkyl halides is 3. The highest BCUT2D eigenvalue weighted by molar-refractivity contribution is 5.79. The second-order valence-corrected chi connectivity index (χ2v) is 10.4. The molecule has 3 aromatic carbocycles. The van der Waals surface area contributed by atoms with Crippen LogP contribution in [0.3, 0.4) is 0 Å². The zero-order valence-corrected chi connectivity index (χ0v) is 27.3. The van der Waals surface area contributed by atoms with Gasteiger partial charge in [-0.1, -0.05) is 47.4 Å². The van der Waals surface area contributed by atoms with Crippen molar-refractivity contribution in [3.8, 4) is 69.6 Å². The summed E-state index contributed by atoms with van der Waals surface area (Å²) in [5.41, 5.74) is 45.4. The molecule has 3 aromatic rings. The zero-order chi connectivity index (χ0) is 37.4. The summed E-state index contributed by atoms with van der Waals surface area (Å²) in [4.78, 5) is 15.4. The summed E-state index contributed by atoms with van der Waals surface area (Å²) >= 11 is 0. The molecule has 0 saturated carbocycles. The predicted octanol–water partition coefficient (Wildman–Crippen LogP) is 0.929. The fourth-order valence-electron chi connectivity index (χ4n) is 4.22. The molecule has 0 unspecified atom stereocenters. The van der Waals surface area contributed by atoms with Crippen LogP contribution in [0.4, 0.5) is 13.2 Å². The number of rotatable bonds is 7. The van der Waals surface area contributed by atoms with Crippen LogP contribution in [0.5, 0.6) is 0 Å². The van der Waals surface area contributed by atoms with E-state index in [-0.39, 0.29) is 61.1 Å². The van der Waals surface area contributed by atoms with E-state index in [1.54, 1.807) is 42.5 Å². The van der Waals surface area contributed by atoms with Crippen molar-refractivity contribution in [3.63, 3.8) is 0 Å². The largest absolute Gasteiger partial charge is 0.416 e. The molecule has 16 N–H and O–H groups in total. The lowest BCUT2D eigenvalue weighted by atomic mass is 9.92. The fraction of sp³-hybridized carbons (Fsp3) is 0.167. The first kappa shape index (κ1) is 38.2. The first-order valence-corrected chi connectivity index (χ1v) is 14.9. The quantitative estimate of drug-likeness (QED) is 0.0763. The number of hydrogen-bond donors (Lipinski definition) is 8. The van der Waals surface area contributed by atoms with Gasteiger partial charge in [0, 0.05) is 28.7 Å². The third-order valence-corrected chi connectivity index (χ3v) is 6.28. The Bertz CT molecular complexity index is 2060. The highest BCUT2D eigenvalue weighted by atomic mass is 19.4. The molecule has 3 rings (SSSR count). The minimum Gasteiger partial charge on any atom is -0.370 e. The SMILES string of the molecule is NC(N)=NCC#Cc1cc(C#CCCN=C(N)N)cc(-c2cc(-c3cc(C#CCN=C(N)N)cc(C#CCN=C(N)N)c3)cc(C(F)(F)F)c2)c1. The third kappa shape index (κ3) is 13.8. The van der Waals surface area contributed by atoms with Crippen LogP contribution in [0.25, 0.3) is 22.3 Å². The summed E-state index contributed by atoms with van der Waals surface area (Å²) in [6.45, 7) is 0.310. The minimum atomic E-state index is -4.68. The van der Waals surface area contributed by atoms with Crippen molar-refractivity contribution in [2.75, 3.05) is 26.2 Å². The molecule has 0 fully saturated rings. The fourth-order valence-corrected chi connectivity index (χ4v) is 4.22. The van der Waals surface area contributed by atoms with Crippen molar-refractivity contribution in [3.05, 3.63) is 82.4 Å². The van der Waals surface area contributed by atoms with Gasteiger partial charge in [-0.25, -0.2) is 15.0 Å². The van der Waals surface area contributed by atoms with E-state index in [2.05, 4.69) is 67.3 Å². The maximum absolute atomic E-state index is 14.4. The van der Waals surface area contributed by atoms with Gasteiger partial charge in [0.2, 0.25) is 0 Å². The molecule has 0 aliphatic rings. The van der Waals surface area contributed by atoms with E-state index in [9.17, 15) is 13.2 Å². The molecule has 12 nitrogen and oxygen atoms in total. The summed E-state index contributed by atoms with van der Waals surface area (Å²) in [7, 11) is 0. The number of hydrogen-bond acceptors (Lipinski definition) is 4. The maximum Gasteiger partial charge on any atom is 0.416 e. The van der Waals surface area contributed by atoms with Crippen LogP contribution >= 0.6 is 0 Å². The van der Waals surface area contributed by atoms with E-state index >= 15 is 0 Å². The topological polar surface area (TPSA) is 258 Å². The van der Waals surface area contributed by atoms with Crippen molar-refractivity contribution in [1.82, 2.24) is 0 Å². The van der Waals surface area contributed by atoms with E-state index < -0.39 is 11.7 Å². The summed E-state index contributed by atoms with van der Waals surface area (Å²) in [5, 5.41) is 0. The highest BCUT2D eigenvalue weighted by Gasteiger charge is 2.31. The highest BCUT2D eigenvalue weighted by Crippen LogP contribution is 2.37. The monoisotopic (exact) mass is 692 g/mol. The van der Waals surface area contributed by atoms with Gasteiger partial charge >= 0.3 is 6.18 Å². The van der Waals surface area contributed by atoms with Gasteiger partial charge in [-0.15, -0.1) is 0 Å². The van der Waals surface area contributed by atoms with Crippen molar-refractivity contribution in [1.29, 1.82) is 0 Å². The Kier molecular flexibility index (Phi) is 13.8. The van der Waals surface area contributed by atoms with Crippen LogP contribution in [0.15, 0.2) is 74.6 Å². The van der Waals surface area contributed by atoms with Gasteiger partial charge in [0.05, 0.1) is 12.1 Å². The van der Waals surface area contributed by atoms with Gasteiger partial charge in [0.25, 0.3) is 0 Å². The van der Waals surface area contributed by atoms with E-state index in [0.29, 0.717) is 39.8 Å². The number of guanidine groups is 4. The summed E-state index contributed by atoms with van der Waals surface area (Å²) in [6.07, 6.45) is -4.35. The number of nitrogens with two attached hydrogens (primary N) is 8. The normalized spacial score (nSPS) is 9.86. The smallest absolute Gasteiger partial charge is 0.370 e. The van der Waals surface area contributed by atoms with Crippen LogP contribution in [0.1, 0.15) is 34.2 Å². The van der Waals surface area contributed by atoms with E-state index in [1.807, 2.05) is 0 Å². The number of nitrogens with zero attached hydrogens (tertiary/aromatic N) is 4. The van der Waals surface area contributed by atoms with Gasteiger partial charge in [-0.2, -0.15) is 13.2 Å². The van der Waals surface area contributed by atoms with Gasteiger partial charge in [-0.3, -0.25) is 4.99 Å². The average molecular weight is 693 g/mol. The first-order chi connectivity index (χ1) is 24.2. The molecule has 260 valence electrons. The Morgan fingerprint density at radius 2 is 0.784 bits per heavy atom. The van der Waals surface area contributed by atoms with Crippen LogP contribution in [0, 0.1) is 47.4 Å². The van der Waals surface area contributed by atoms with Gasteiger partial charge < -0.3 is 45.9 Å². The van der Waals surface area contributed by atoms with Crippen LogP contribution < -0.4 is 45.9 Å². The van der Waals surface area contributed by atoms with E-state index in [4.69, 9.17) is 45.9 Å². The lowest BCUT2D eigenvalue weighted by Crippen LogP contribution is -2.22. The molecule has 0 saturated heterocycles. The Morgan fingerprint density at radius 3 is 1.12 bits per heavy atom. The molecule has 0 radical (unpaired) electrons. The second kappa shape index (κ2) is 18.3. The summed E-state index contributed by atoms with van der Waals surface area (Å²) in [5.74, 6) is 22.8. The molecule has 0 spiro atoms. The molecule has 0 heterocycles. The molecule has 0 bridgehead atoms. The average Bonchev–Trinajstić information content (AvgIpc) is 3.06. The third-order valence-electron chi connectivity index (χ3n) is 6.28. The standard InChI is InChI=1S/C36H35F3N12/c37-36(38,39)31-21-29(27-16-23(6-1-2-10-48-32(40)41)14-24(17-27)7-3-11-49-33(42)43)20-30(22-31)28-18-25(8-4-12-50-34(44)45)15-26(19-28)9-5-13-51-35(46)47/h14-22H,2,10-13H2,(H4,40,41,48)(H4,42,43,49)(H4,44,45,50)(H4,46,47,51). The van der Waals surface area contributed by atoms with Gasteiger partial charge in [0.1, 0.15) is 19.6 Å². The molecule has 51 heavy (non-hydrogen) atoms. The van der Waals surface area contributed by atoms with Crippen molar-refractivity contribution >= 4 is 23.8 Å². The molecule has 0 aliphatic carbocycles. The molecular weight excluding hydrogens is 657 g/mol. The van der Waals surface area contributed by atoms with Crippen LogP contribution in [0.2, 0.25) is 0 Å². The van der Waals surface area contributed by atoms with Crippen molar-refractivity contribution in [2.45, 2.75) is 12.6 Å². The number of aliphatic imine (C=N–C) groups is 4. The molecule has 0 amide bonds. The number of benzene rings is 3. The van der Waals surface area contributed by atoms with Crippen molar-refractivity contribution < 1.29 is 13.2 Å². The molecular formula is C36H35F3N12. The molecule has 0 aromatic heterocycles. The number of halogens is 3. The van der Waals surface area contributed by atoms with Crippen LogP contribution in [-0.2, 0) is 6.18 Å². The van der Waals surface area contributed by atoms with E-state index in [1.165, 1.54) is 0 Å². The summed E-state index contributed by atoms with van der Waals surface area (Å²) in [6, 6.07) is 13.7. The second-order valence-electron chi connectivity index (χ2n) is 10.4. The van der Waals surface area contributed by atoms with Gasteiger partial charge in [-0.05, 0) is 76.9 Å². The maximum atomic E-state index is 14.4. The lowest BCUT2D eigenvalue weighted by Gasteiger charge is -2.14. The van der Waals surface area contributed by atoms with Crippen LogP contribution in [-0.4, -0.2) is 50.0 Å². The van der Waals surface area contributed by atoms with Crippen molar-refractivity contribution in [2.24, 2.45) is 65.8 Å².